The minimum atomic E-state index is -3.00. The van der Waals surface area contributed by atoms with E-state index in [4.69, 9.17) is 10.00 Å². The Bertz CT molecular complexity index is 472. The van der Waals surface area contributed by atoms with Gasteiger partial charge in [-0.2, -0.15) is 14.0 Å². The van der Waals surface area contributed by atoms with Gasteiger partial charge in [-0.1, -0.05) is 0 Å². The molecule has 5 nitrogen and oxygen atoms in total. The van der Waals surface area contributed by atoms with Crippen LogP contribution in [0.2, 0.25) is 0 Å². The van der Waals surface area contributed by atoms with E-state index >= 15 is 0 Å². The van der Waals surface area contributed by atoms with E-state index in [-0.39, 0.29) is 23.6 Å². The molecule has 1 rings (SSSR count). The van der Waals surface area contributed by atoms with Crippen molar-refractivity contribution in [2.45, 2.75) is 13.0 Å². The largest absolute Gasteiger partial charge is 0.493 e. The average molecular weight is 256 g/mol. The zero-order chi connectivity index (χ0) is 13.5. The van der Waals surface area contributed by atoms with Gasteiger partial charge in [-0.25, -0.2) is 0 Å². The van der Waals surface area contributed by atoms with Gasteiger partial charge in [-0.15, -0.1) is 0 Å². The van der Waals surface area contributed by atoms with E-state index in [1.165, 1.54) is 25.3 Å². The monoisotopic (exact) mass is 256 g/mol. The quantitative estimate of drug-likeness (QED) is 0.876. The molecule has 96 valence electrons. The van der Waals surface area contributed by atoms with Crippen LogP contribution in [-0.2, 0) is 4.79 Å². The summed E-state index contributed by atoms with van der Waals surface area (Å²) in [6.45, 7) is -3.00. The fourth-order valence-corrected chi connectivity index (χ4v) is 1.22. The van der Waals surface area contributed by atoms with Crippen LogP contribution in [0.25, 0.3) is 0 Å². The molecule has 0 fully saturated rings. The highest BCUT2D eigenvalue weighted by molar-refractivity contribution is 5.92. The number of nitrogens with one attached hydrogen (secondary N) is 1. The predicted molar refractivity (Wildman–Crippen MR) is 58.5 cm³/mol. The van der Waals surface area contributed by atoms with E-state index in [0.29, 0.717) is 0 Å². The van der Waals surface area contributed by atoms with Gasteiger partial charge in [0.15, 0.2) is 11.5 Å². The molecule has 0 atom stereocenters. The van der Waals surface area contributed by atoms with Gasteiger partial charge in [0.25, 0.3) is 0 Å². The van der Waals surface area contributed by atoms with Crippen molar-refractivity contribution in [3.05, 3.63) is 18.2 Å². The molecular weight excluding hydrogens is 246 g/mol. The van der Waals surface area contributed by atoms with Crippen molar-refractivity contribution in [2.24, 2.45) is 0 Å². The lowest BCUT2D eigenvalue weighted by molar-refractivity contribution is -0.115. The first-order valence-corrected chi connectivity index (χ1v) is 4.86. The molecular formula is C11H10F2N2O3. The third kappa shape index (κ3) is 3.90. The fraction of sp³-hybridized carbons (Fsp3) is 0.273. The van der Waals surface area contributed by atoms with Gasteiger partial charge in [0, 0.05) is 11.8 Å². The van der Waals surface area contributed by atoms with Crippen LogP contribution in [0.3, 0.4) is 0 Å². The lowest BCUT2D eigenvalue weighted by Gasteiger charge is -2.11. The topological polar surface area (TPSA) is 71.3 Å². The number of halogens is 2. The number of hydrogen-bond acceptors (Lipinski definition) is 4. The second-order valence-corrected chi connectivity index (χ2v) is 3.13. The Kier molecular flexibility index (Phi) is 4.87. The van der Waals surface area contributed by atoms with Crippen molar-refractivity contribution in [2.75, 3.05) is 12.4 Å². The van der Waals surface area contributed by atoms with Crippen LogP contribution in [0.5, 0.6) is 11.5 Å². The molecule has 0 saturated carbocycles. The summed E-state index contributed by atoms with van der Waals surface area (Å²) < 4.78 is 33.4. The van der Waals surface area contributed by atoms with Crippen molar-refractivity contribution in [3.8, 4) is 17.6 Å². The number of nitriles is 1. The highest BCUT2D eigenvalue weighted by Crippen LogP contribution is 2.31. The smallest absolute Gasteiger partial charge is 0.387 e. The van der Waals surface area contributed by atoms with Crippen LogP contribution < -0.4 is 14.8 Å². The summed E-state index contributed by atoms with van der Waals surface area (Å²) in [4.78, 5) is 11.1. The lowest BCUT2D eigenvalue weighted by Crippen LogP contribution is -2.10. The first kappa shape index (κ1) is 13.7. The minimum absolute atomic E-state index is 0.119. The van der Waals surface area contributed by atoms with E-state index in [9.17, 15) is 13.6 Å². The Balaban J connectivity index is 2.89. The van der Waals surface area contributed by atoms with Crippen LogP contribution in [0.15, 0.2) is 18.2 Å². The summed E-state index contributed by atoms with van der Waals surface area (Å²) in [5.41, 5.74) is 0.242. The highest BCUT2D eigenvalue weighted by atomic mass is 19.3. The number of nitrogens with zero attached hydrogens (tertiary/aromatic N) is 1. The number of amides is 1. The van der Waals surface area contributed by atoms with Crippen LogP contribution in [0.1, 0.15) is 6.42 Å². The van der Waals surface area contributed by atoms with Crippen LogP contribution in [-0.4, -0.2) is 19.6 Å². The molecule has 0 saturated heterocycles. The number of hydrogen-bond donors (Lipinski definition) is 1. The maximum Gasteiger partial charge on any atom is 0.387 e. The van der Waals surface area contributed by atoms with Crippen molar-refractivity contribution in [1.29, 1.82) is 5.26 Å². The number of anilines is 1. The van der Waals surface area contributed by atoms with Crippen LogP contribution in [0, 0.1) is 11.3 Å². The second-order valence-electron chi connectivity index (χ2n) is 3.13. The fourth-order valence-electron chi connectivity index (χ4n) is 1.22. The number of alkyl halides is 2. The van der Waals surface area contributed by atoms with E-state index in [1.54, 1.807) is 6.07 Å². The Hall–Kier alpha value is -2.36. The van der Waals surface area contributed by atoms with E-state index in [2.05, 4.69) is 10.1 Å². The number of methoxy groups -OCH3 is 1. The molecule has 0 heterocycles. The zero-order valence-corrected chi connectivity index (χ0v) is 9.44. The van der Waals surface area contributed by atoms with Crippen LogP contribution >= 0.6 is 0 Å². The Morgan fingerprint density at radius 1 is 1.50 bits per heavy atom. The zero-order valence-electron chi connectivity index (χ0n) is 9.44. The third-order valence-electron chi connectivity index (χ3n) is 1.90. The summed E-state index contributed by atoms with van der Waals surface area (Å²) in [7, 11) is 1.31. The summed E-state index contributed by atoms with van der Waals surface area (Å²) in [5, 5.41) is 10.7. The molecule has 1 aromatic rings. The van der Waals surface area contributed by atoms with Gasteiger partial charge in [-0.05, 0) is 12.1 Å². The van der Waals surface area contributed by atoms with Crippen molar-refractivity contribution in [3.63, 3.8) is 0 Å². The maximum absolute atomic E-state index is 12.1. The van der Waals surface area contributed by atoms with Gasteiger partial charge < -0.3 is 14.8 Å². The maximum atomic E-state index is 12.1. The summed E-state index contributed by atoms with van der Waals surface area (Å²) in [5.74, 6) is -0.610. The number of carbonyl (C=O) groups is 1. The molecule has 0 aliphatic rings. The van der Waals surface area contributed by atoms with Gasteiger partial charge in [0.2, 0.25) is 5.91 Å². The lowest BCUT2D eigenvalue weighted by atomic mass is 10.2. The standard InChI is InChI=1S/C11H10F2N2O3/c1-17-8-3-2-7(15-10(16)4-5-14)6-9(8)18-11(12)13/h2-3,6,11H,4H2,1H3,(H,15,16). The van der Waals surface area contributed by atoms with Crippen molar-refractivity contribution >= 4 is 11.6 Å². The van der Waals surface area contributed by atoms with Gasteiger partial charge >= 0.3 is 6.61 Å². The molecule has 7 heteroatoms. The molecule has 0 spiro atoms. The SMILES string of the molecule is COc1ccc(NC(=O)CC#N)cc1OC(F)F. The highest BCUT2D eigenvalue weighted by Gasteiger charge is 2.12. The molecule has 0 radical (unpaired) electrons. The van der Waals surface area contributed by atoms with Crippen molar-refractivity contribution in [1.82, 2.24) is 0 Å². The number of ether oxygens (including phenoxy) is 2. The van der Waals surface area contributed by atoms with Crippen molar-refractivity contribution < 1.29 is 23.0 Å². The molecule has 18 heavy (non-hydrogen) atoms. The Morgan fingerprint density at radius 2 is 2.22 bits per heavy atom. The van der Waals surface area contributed by atoms with E-state index in [1.807, 2.05) is 0 Å². The normalized spacial score (nSPS) is 9.72. The molecule has 0 aliphatic carbocycles. The summed E-state index contributed by atoms with van der Waals surface area (Å²) in [6, 6.07) is 5.69. The molecule has 1 N–H and O–H groups in total. The second kappa shape index (κ2) is 6.39. The minimum Gasteiger partial charge on any atom is -0.493 e. The molecule has 0 bridgehead atoms. The number of rotatable bonds is 5. The van der Waals surface area contributed by atoms with E-state index < -0.39 is 12.5 Å². The molecule has 0 unspecified atom stereocenters. The Labute approximate surface area is 102 Å². The van der Waals surface area contributed by atoms with Gasteiger partial charge in [0.1, 0.15) is 6.42 Å². The number of carbonyl (C=O) groups excluding carboxylic acids is 1. The van der Waals surface area contributed by atoms with Gasteiger partial charge in [0.05, 0.1) is 13.2 Å². The van der Waals surface area contributed by atoms with E-state index in [0.717, 1.165) is 0 Å². The number of benzene rings is 1. The Morgan fingerprint density at radius 3 is 2.78 bits per heavy atom. The van der Waals surface area contributed by atoms with Gasteiger partial charge in [-0.3, -0.25) is 4.79 Å². The molecule has 0 aliphatic heterocycles. The van der Waals surface area contributed by atoms with Crippen LogP contribution in [0.4, 0.5) is 14.5 Å². The predicted octanol–water partition coefficient (Wildman–Crippen LogP) is 2.15. The first-order chi connectivity index (χ1) is 8.56. The third-order valence-corrected chi connectivity index (χ3v) is 1.90. The first-order valence-electron chi connectivity index (χ1n) is 4.86. The average Bonchev–Trinajstić information content (AvgIpc) is 2.28. The summed E-state index contributed by atoms with van der Waals surface area (Å²) in [6.07, 6.45) is -0.322. The molecule has 0 aromatic heterocycles. The molecule has 1 aromatic carbocycles. The molecule has 1 amide bonds. The summed E-state index contributed by atoms with van der Waals surface area (Å²) >= 11 is 0.